The minimum atomic E-state index is 0.436. The molecule has 0 unspecified atom stereocenters. The van der Waals surface area contributed by atoms with E-state index in [4.69, 9.17) is 36.0 Å². The van der Waals surface area contributed by atoms with E-state index in [1.54, 1.807) is 0 Å². The number of hydrogen-bond donors (Lipinski definition) is 4. The Kier molecular flexibility index (Phi) is 6.02. The van der Waals surface area contributed by atoms with Crippen molar-refractivity contribution >= 4 is 51.9 Å². The van der Waals surface area contributed by atoms with E-state index in [0.29, 0.717) is 21.3 Å². The number of hydrogen-bond acceptors (Lipinski definition) is 2. The van der Waals surface area contributed by atoms with E-state index in [0.717, 1.165) is 11.3 Å². The van der Waals surface area contributed by atoms with Gasteiger partial charge in [0.2, 0.25) is 0 Å². The molecule has 1 fully saturated rings. The molecule has 1 aliphatic rings. The molecule has 21 heavy (non-hydrogen) atoms. The first-order chi connectivity index (χ1) is 10.0. The third-order valence-corrected chi connectivity index (χ3v) is 4.24. The lowest BCUT2D eigenvalue weighted by Crippen LogP contribution is -2.50. The van der Waals surface area contributed by atoms with Crippen LogP contribution >= 0.6 is 36.0 Å². The number of anilines is 1. The van der Waals surface area contributed by atoms with Crippen molar-refractivity contribution in [1.82, 2.24) is 16.2 Å². The van der Waals surface area contributed by atoms with E-state index in [2.05, 4.69) is 21.5 Å². The molecule has 0 saturated heterocycles. The molecule has 1 aliphatic carbocycles. The molecular formula is C14H19ClN4S2. The van der Waals surface area contributed by atoms with Gasteiger partial charge in [-0.2, -0.15) is 0 Å². The van der Waals surface area contributed by atoms with Crippen LogP contribution in [0, 0.1) is 6.92 Å². The smallest absolute Gasteiger partial charge is 0.189 e. The monoisotopic (exact) mass is 342 g/mol. The molecule has 0 spiro atoms. The Morgan fingerprint density at radius 1 is 1.14 bits per heavy atom. The fourth-order valence-electron chi connectivity index (χ4n) is 2.24. The summed E-state index contributed by atoms with van der Waals surface area (Å²) in [5.74, 6) is 0. The van der Waals surface area contributed by atoms with Gasteiger partial charge in [0, 0.05) is 16.8 Å². The topological polar surface area (TPSA) is 48.1 Å². The third-order valence-electron chi connectivity index (χ3n) is 3.41. The Labute approximate surface area is 141 Å². The maximum absolute atomic E-state index is 6.07. The summed E-state index contributed by atoms with van der Waals surface area (Å²) in [6.07, 6.45) is 4.88. The van der Waals surface area contributed by atoms with Crippen molar-refractivity contribution in [3.8, 4) is 0 Å². The maximum atomic E-state index is 6.07. The number of nitrogens with one attached hydrogen (secondary N) is 4. The van der Waals surface area contributed by atoms with Gasteiger partial charge in [-0.1, -0.05) is 30.5 Å². The molecular weight excluding hydrogens is 324 g/mol. The van der Waals surface area contributed by atoms with Crippen LogP contribution in [0.1, 0.15) is 31.2 Å². The predicted octanol–water partition coefficient (Wildman–Crippen LogP) is 3.26. The number of aryl methyl sites for hydroxylation is 1. The molecule has 2 rings (SSSR count). The minimum Gasteiger partial charge on any atom is -0.359 e. The van der Waals surface area contributed by atoms with Crippen molar-refractivity contribution in [2.45, 2.75) is 38.6 Å². The fourth-order valence-corrected chi connectivity index (χ4v) is 2.81. The molecule has 0 heterocycles. The summed E-state index contributed by atoms with van der Waals surface area (Å²) in [5, 5.41) is 8.01. The van der Waals surface area contributed by atoms with E-state index >= 15 is 0 Å². The van der Waals surface area contributed by atoms with E-state index in [1.807, 2.05) is 25.1 Å². The molecule has 0 atom stereocenters. The van der Waals surface area contributed by atoms with Crippen LogP contribution in [-0.4, -0.2) is 16.3 Å². The van der Waals surface area contributed by atoms with Crippen LogP contribution in [0.3, 0.4) is 0 Å². The summed E-state index contributed by atoms with van der Waals surface area (Å²) in [6, 6.07) is 6.17. The third kappa shape index (κ3) is 5.30. The van der Waals surface area contributed by atoms with Gasteiger partial charge in [0.25, 0.3) is 0 Å². The highest BCUT2D eigenvalue weighted by molar-refractivity contribution is 7.80. The Bertz CT molecular complexity index is 530. The van der Waals surface area contributed by atoms with Crippen molar-refractivity contribution in [2.75, 3.05) is 5.32 Å². The standard InChI is InChI=1S/C14H19ClN4S2/c1-9-6-7-11(8-12(9)15)17-14(21)19-18-13(20)16-10-4-2-3-5-10/h6-8,10H,2-5H2,1H3,(H2,16,18,20)(H2,17,19,21). The van der Waals surface area contributed by atoms with Gasteiger partial charge < -0.3 is 10.6 Å². The predicted molar refractivity (Wildman–Crippen MR) is 96.7 cm³/mol. The zero-order chi connectivity index (χ0) is 15.2. The Hall–Kier alpha value is -1.11. The van der Waals surface area contributed by atoms with Crippen molar-refractivity contribution in [2.24, 2.45) is 0 Å². The molecule has 1 aromatic carbocycles. The first-order valence-corrected chi connectivity index (χ1v) is 8.13. The highest BCUT2D eigenvalue weighted by Crippen LogP contribution is 2.19. The zero-order valence-electron chi connectivity index (χ0n) is 11.8. The normalized spacial score (nSPS) is 14.6. The van der Waals surface area contributed by atoms with Crippen LogP contribution in [0.2, 0.25) is 5.02 Å². The molecule has 4 nitrogen and oxygen atoms in total. The average molecular weight is 343 g/mol. The van der Waals surface area contributed by atoms with Crippen molar-refractivity contribution < 1.29 is 0 Å². The van der Waals surface area contributed by atoms with Crippen LogP contribution in [0.5, 0.6) is 0 Å². The van der Waals surface area contributed by atoms with Crippen LogP contribution < -0.4 is 21.5 Å². The van der Waals surface area contributed by atoms with E-state index in [9.17, 15) is 0 Å². The minimum absolute atomic E-state index is 0.436. The Morgan fingerprint density at radius 2 is 1.81 bits per heavy atom. The van der Waals surface area contributed by atoms with E-state index in [-0.39, 0.29) is 0 Å². The lowest BCUT2D eigenvalue weighted by molar-refractivity contribution is 0.618. The maximum Gasteiger partial charge on any atom is 0.189 e. The van der Waals surface area contributed by atoms with Crippen LogP contribution in [-0.2, 0) is 0 Å². The molecule has 0 radical (unpaired) electrons. The number of benzene rings is 1. The van der Waals surface area contributed by atoms with Crippen molar-refractivity contribution in [1.29, 1.82) is 0 Å². The highest BCUT2D eigenvalue weighted by Gasteiger charge is 2.15. The molecule has 4 N–H and O–H groups in total. The molecule has 0 amide bonds. The Balaban J connectivity index is 1.73. The van der Waals surface area contributed by atoms with E-state index in [1.165, 1.54) is 25.7 Å². The summed E-state index contributed by atoms with van der Waals surface area (Å²) in [7, 11) is 0. The van der Waals surface area contributed by atoms with Gasteiger partial charge in [-0.05, 0) is 61.9 Å². The largest absolute Gasteiger partial charge is 0.359 e. The van der Waals surface area contributed by atoms with Gasteiger partial charge in [0.15, 0.2) is 10.2 Å². The summed E-state index contributed by atoms with van der Waals surface area (Å²) in [5.41, 5.74) is 7.61. The average Bonchev–Trinajstić information content (AvgIpc) is 2.93. The number of hydrazine groups is 1. The van der Waals surface area contributed by atoms with Crippen LogP contribution in [0.25, 0.3) is 0 Å². The van der Waals surface area contributed by atoms with Gasteiger partial charge in [-0.15, -0.1) is 0 Å². The van der Waals surface area contributed by atoms with Gasteiger partial charge in [0.05, 0.1) is 0 Å². The lowest BCUT2D eigenvalue weighted by Gasteiger charge is -2.17. The second-order valence-corrected chi connectivity index (χ2v) is 6.35. The van der Waals surface area contributed by atoms with Crippen LogP contribution in [0.15, 0.2) is 18.2 Å². The zero-order valence-corrected chi connectivity index (χ0v) is 14.2. The van der Waals surface area contributed by atoms with Gasteiger partial charge in [0.1, 0.15) is 0 Å². The second kappa shape index (κ2) is 7.77. The molecule has 0 aromatic heterocycles. The summed E-state index contributed by atoms with van der Waals surface area (Å²) in [4.78, 5) is 0. The molecule has 7 heteroatoms. The van der Waals surface area contributed by atoms with Gasteiger partial charge in [-0.25, -0.2) is 0 Å². The highest BCUT2D eigenvalue weighted by atomic mass is 35.5. The number of rotatable bonds is 2. The van der Waals surface area contributed by atoms with Crippen molar-refractivity contribution in [3.63, 3.8) is 0 Å². The fraction of sp³-hybridized carbons (Fsp3) is 0.429. The van der Waals surface area contributed by atoms with Crippen LogP contribution in [0.4, 0.5) is 5.69 Å². The van der Waals surface area contributed by atoms with Gasteiger partial charge in [-0.3, -0.25) is 10.9 Å². The molecule has 0 bridgehead atoms. The van der Waals surface area contributed by atoms with Gasteiger partial charge >= 0.3 is 0 Å². The number of halogens is 1. The second-order valence-electron chi connectivity index (χ2n) is 5.12. The van der Waals surface area contributed by atoms with E-state index < -0.39 is 0 Å². The summed E-state index contributed by atoms with van der Waals surface area (Å²) in [6.45, 7) is 1.96. The Morgan fingerprint density at radius 3 is 2.48 bits per heavy atom. The SMILES string of the molecule is Cc1ccc(NC(=S)NNC(=S)NC2CCCC2)cc1Cl. The number of thiocarbonyl (C=S) groups is 2. The summed E-state index contributed by atoms with van der Waals surface area (Å²) < 4.78 is 0. The molecule has 0 aliphatic heterocycles. The molecule has 114 valence electrons. The van der Waals surface area contributed by atoms with Crippen molar-refractivity contribution in [3.05, 3.63) is 28.8 Å². The molecule has 1 saturated carbocycles. The first-order valence-electron chi connectivity index (χ1n) is 6.94. The lowest BCUT2D eigenvalue weighted by atomic mass is 10.2. The molecule has 1 aromatic rings. The quantitative estimate of drug-likeness (QED) is 0.489. The summed E-state index contributed by atoms with van der Waals surface area (Å²) >= 11 is 16.5. The first kappa shape index (κ1) is 16.3.